The molecular weight excluding hydrogens is 310 g/mol. The summed E-state index contributed by atoms with van der Waals surface area (Å²) in [5.41, 5.74) is 2.56. The van der Waals surface area contributed by atoms with E-state index in [-0.39, 0.29) is 0 Å². The second-order valence-corrected chi connectivity index (χ2v) is 7.06. The summed E-state index contributed by atoms with van der Waals surface area (Å²) < 4.78 is 11.8. The van der Waals surface area contributed by atoms with Crippen molar-refractivity contribution in [3.05, 3.63) is 71.8 Å². The first-order valence-corrected chi connectivity index (χ1v) is 9.30. The van der Waals surface area contributed by atoms with Crippen LogP contribution in [0.3, 0.4) is 0 Å². The minimum Gasteiger partial charge on any atom is -0.377 e. The quantitative estimate of drug-likeness (QED) is 0.704. The summed E-state index contributed by atoms with van der Waals surface area (Å²) in [6, 6.07) is 21.2. The second-order valence-electron chi connectivity index (χ2n) is 7.06. The minimum absolute atomic E-state index is 0.369. The highest BCUT2D eigenvalue weighted by molar-refractivity contribution is 5.14. The van der Waals surface area contributed by atoms with E-state index < -0.39 is 0 Å². The number of nitrogens with one attached hydrogen (secondary N) is 1. The molecule has 1 atom stereocenters. The van der Waals surface area contributed by atoms with Crippen LogP contribution in [0.1, 0.15) is 30.9 Å². The van der Waals surface area contributed by atoms with Crippen LogP contribution in [0.2, 0.25) is 0 Å². The maximum absolute atomic E-state index is 6.00. The zero-order valence-corrected chi connectivity index (χ0v) is 15.1. The van der Waals surface area contributed by atoms with E-state index in [1.165, 1.54) is 11.1 Å². The van der Waals surface area contributed by atoms with Crippen molar-refractivity contribution in [2.24, 2.45) is 5.92 Å². The van der Waals surface area contributed by atoms with Gasteiger partial charge in [-0.25, -0.2) is 0 Å². The van der Waals surface area contributed by atoms with E-state index in [0.717, 1.165) is 32.6 Å². The van der Waals surface area contributed by atoms with Crippen LogP contribution in [0.4, 0.5) is 0 Å². The number of ether oxygens (including phenoxy) is 2. The smallest absolute Gasteiger partial charge is 0.0717 e. The molecule has 1 saturated carbocycles. The fourth-order valence-corrected chi connectivity index (χ4v) is 3.09. The third-order valence-electron chi connectivity index (χ3n) is 4.74. The normalized spacial score (nSPS) is 20.8. The Hall–Kier alpha value is -1.68. The standard InChI is InChI=1S/C22H29NO2/c1-18(23-14-19-8-4-2-5-9-19)15-25-22-12-21(13-22)17-24-16-20-10-6-3-7-11-20/h2-11,18,21-23H,12-17H2,1H3/t18-,21-,22-/m0/s1. The van der Waals surface area contributed by atoms with Gasteiger partial charge < -0.3 is 14.8 Å². The van der Waals surface area contributed by atoms with Crippen LogP contribution in [0.15, 0.2) is 60.7 Å². The molecule has 1 aliphatic carbocycles. The number of rotatable bonds is 10. The van der Waals surface area contributed by atoms with Crippen molar-refractivity contribution >= 4 is 0 Å². The van der Waals surface area contributed by atoms with Crippen molar-refractivity contribution in [2.45, 2.75) is 45.1 Å². The number of hydrogen-bond acceptors (Lipinski definition) is 3. The van der Waals surface area contributed by atoms with Gasteiger partial charge in [-0.05, 0) is 36.8 Å². The fraction of sp³-hybridized carbons (Fsp3) is 0.455. The summed E-state index contributed by atoms with van der Waals surface area (Å²) in [4.78, 5) is 0. The van der Waals surface area contributed by atoms with Crippen LogP contribution >= 0.6 is 0 Å². The Morgan fingerprint density at radius 1 is 0.960 bits per heavy atom. The van der Waals surface area contributed by atoms with Crippen molar-refractivity contribution in [2.75, 3.05) is 13.2 Å². The van der Waals surface area contributed by atoms with Gasteiger partial charge in [-0.1, -0.05) is 60.7 Å². The maximum Gasteiger partial charge on any atom is 0.0717 e. The second kappa shape index (κ2) is 9.71. The summed E-state index contributed by atoms with van der Waals surface area (Å²) in [7, 11) is 0. The van der Waals surface area contributed by atoms with Crippen LogP contribution in [0.5, 0.6) is 0 Å². The van der Waals surface area contributed by atoms with Gasteiger partial charge in [0.25, 0.3) is 0 Å². The molecule has 0 aliphatic heterocycles. The van der Waals surface area contributed by atoms with Gasteiger partial charge in [0.1, 0.15) is 0 Å². The van der Waals surface area contributed by atoms with Gasteiger partial charge in [0.2, 0.25) is 0 Å². The molecule has 0 aromatic heterocycles. The van der Waals surface area contributed by atoms with E-state index in [2.05, 4.69) is 60.8 Å². The summed E-state index contributed by atoms with van der Waals surface area (Å²) in [5.74, 6) is 0.654. The molecule has 0 spiro atoms. The van der Waals surface area contributed by atoms with Crippen LogP contribution in [-0.4, -0.2) is 25.4 Å². The molecule has 1 fully saturated rings. The molecule has 25 heavy (non-hydrogen) atoms. The zero-order valence-electron chi connectivity index (χ0n) is 15.1. The Kier molecular flexibility index (Phi) is 7.04. The lowest BCUT2D eigenvalue weighted by molar-refractivity contribution is -0.0631. The molecule has 0 radical (unpaired) electrons. The Labute approximate surface area is 151 Å². The van der Waals surface area contributed by atoms with E-state index >= 15 is 0 Å². The first-order valence-electron chi connectivity index (χ1n) is 9.30. The molecule has 0 heterocycles. The summed E-state index contributed by atoms with van der Waals surface area (Å²) in [5, 5.41) is 3.52. The predicted molar refractivity (Wildman–Crippen MR) is 101 cm³/mol. The van der Waals surface area contributed by atoms with Crippen molar-refractivity contribution in [3.63, 3.8) is 0 Å². The molecule has 1 aliphatic rings. The van der Waals surface area contributed by atoms with Gasteiger partial charge in [0.15, 0.2) is 0 Å². The van der Waals surface area contributed by atoms with Gasteiger partial charge in [0, 0.05) is 12.6 Å². The molecule has 3 heteroatoms. The Balaban J connectivity index is 1.22. The van der Waals surface area contributed by atoms with Crippen molar-refractivity contribution in [3.8, 4) is 0 Å². The minimum atomic E-state index is 0.369. The highest BCUT2D eigenvalue weighted by atomic mass is 16.5. The monoisotopic (exact) mass is 339 g/mol. The van der Waals surface area contributed by atoms with Gasteiger partial charge in [-0.15, -0.1) is 0 Å². The number of hydrogen-bond donors (Lipinski definition) is 1. The Morgan fingerprint density at radius 2 is 1.60 bits per heavy atom. The van der Waals surface area contributed by atoms with E-state index in [0.29, 0.717) is 24.7 Å². The number of benzene rings is 2. The molecule has 134 valence electrons. The molecule has 3 rings (SSSR count). The predicted octanol–water partition coefficient (Wildman–Crippen LogP) is 4.18. The van der Waals surface area contributed by atoms with Crippen molar-refractivity contribution < 1.29 is 9.47 Å². The lowest BCUT2D eigenvalue weighted by Crippen LogP contribution is -2.38. The van der Waals surface area contributed by atoms with E-state index in [1.54, 1.807) is 0 Å². The summed E-state index contributed by atoms with van der Waals surface area (Å²) in [6.07, 6.45) is 2.66. The van der Waals surface area contributed by atoms with E-state index in [4.69, 9.17) is 9.47 Å². The molecule has 0 amide bonds. The summed E-state index contributed by atoms with van der Waals surface area (Å²) in [6.45, 7) is 5.41. The van der Waals surface area contributed by atoms with E-state index in [1.807, 2.05) is 12.1 Å². The molecule has 3 nitrogen and oxygen atoms in total. The lowest BCUT2D eigenvalue weighted by atomic mass is 9.83. The van der Waals surface area contributed by atoms with Gasteiger partial charge in [-0.3, -0.25) is 0 Å². The average Bonchev–Trinajstić information content (AvgIpc) is 2.63. The molecule has 0 bridgehead atoms. The average molecular weight is 339 g/mol. The first kappa shape index (κ1) is 18.1. The van der Waals surface area contributed by atoms with Gasteiger partial charge in [-0.2, -0.15) is 0 Å². The summed E-state index contributed by atoms with van der Waals surface area (Å²) >= 11 is 0. The Morgan fingerprint density at radius 3 is 2.28 bits per heavy atom. The SMILES string of the molecule is C[C@@H](CO[C@H]1C[C@H](COCc2ccccc2)C1)NCc1ccccc1. The highest BCUT2D eigenvalue weighted by Crippen LogP contribution is 2.30. The molecule has 2 aromatic rings. The zero-order chi connectivity index (χ0) is 17.3. The Bertz CT molecular complexity index is 596. The van der Waals surface area contributed by atoms with Gasteiger partial charge in [0.05, 0.1) is 25.9 Å². The van der Waals surface area contributed by atoms with Crippen LogP contribution in [0.25, 0.3) is 0 Å². The third kappa shape index (κ3) is 6.28. The molecular formula is C22H29NO2. The molecule has 1 N–H and O–H groups in total. The van der Waals surface area contributed by atoms with Gasteiger partial charge >= 0.3 is 0 Å². The third-order valence-corrected chi connectivity index (χ3v) is 4.74. The maximum atomic E-state index is 6.00. The lowest BCUT2D eigenvalue weighted by Gasteiger charge is -2.35. The molecule has 0 saturated heterocycles. The fourth-order valence-electron chi connectivity index (χ4n) is 3.09. The van der Waals surface area contributed by atoms with Crippen LogP contribution < -0.4 is 5.32 Å². The van der Waals surface area contributed by atoms with Crippen LogP contribution in [0, 0.1) is 5.92 Å². The topological polar surface area (TPSA) is 30.5 Å². The van der Waals surface area contributed by atoms with Crippen LogP contribution in [-0.2, 0) is 22.6 Å². The van der Waals surface area contributed by atoms with E-state index in [9.17, 15) is 0 Å². The van der Waals surface area contributed by atoms with Crippen molar-refractivity contribution in [1.29, 1.82) is 0 Å². The van der Waals surface area contributed by atoms with Crippen molar-refractivity contribution in [1.82, 2.24) is 5.32 Å². The molecule has 2 aromatic carbocycles. The molecule has 0 unspecified atom stereocenters. The highest BCUT2D eigenvalue weighted by Gasteiger charge is 2.30. The largest absolute Gasteiger partial charge is 0.377 e. The first-order chi connectivity index (χ1) is 12.3.